The summed E-state index contributed by atoms with van der Waals surface area (Å²) in [5.41, 5.74) is 7.05. The maximum atomic E-state index is 12.8. The van der Waals surface area contributed by atoms with Gasteiger partial charge in [-0.15, -0.1) is 0 Å². The second kappa shape index (κ2) is 17.0. The molecule has 0 saturated carbocycles. The summed E-state index contributed by atoms with van der Waals surface area (Å²) in [6, 6.07) is 41.4. The fourth-order valence-corrected chi connectivity index (χ4v) is 9.35. The SMILES string of the molecule is C.COc1cc2oc(=O)cc(CS)c2cc1C.Cc1ccc2c(c1)Oc1cc(O)ccc1C21OC(=O)c2cc(CS)ccc21.SCc1ccc2ccc3cccc4ccc1c2c34. The Morgan fingerprint density at radius 3 is 2.02 bits per heavy atom. The zero-order valence-electron chi connectivity index (χ0n) is 33.5. The number of phenolic OH excluding ortho intramolecular Hbond substituents is 1. The van der Waals surface area contributed by atoms with Gasteiger partial charge in [-0.25, -0.2) is 9.59 Å². The van der Waals surface area contributed by atoms with Crippen LogP contribution in [-0.4, -0.2) is 18.2 Å². The minimum absolute atomic E-state index is 0. The number of thiol groups is 3. The van der Waals surface area contributed by atoms with Gasteiger partial charge in [-0.1, -0.05) is 86.3 Å². The monoisotopic (exact) mass is 876 g/mol. The van der Waals surface area contributed by atoms with Gasteiger partial charge in [0.2, 0.25) is 0 Å². The van der Waals surface area contributed by atoms with Crippen LogP contribution in [0.15, 0.2) is 137 Å². The predicted octanol–water partition coefficient (Wildman–Crippen LogP) is 12.9. The van der Waals surface area contributed by atoms with Crippen LogP contribution in [0.1, 0.15) is 62.3 Å². The van der Waals surface area contributed by atoms with E-state index >= 15 is 0 Å². The summed E-state index contributed by atoms with van der Waals surface area (Å²) >= 11 is 13.0. The zero-order chi connectivity index (χ0) is 42.6. The summed E-state index contributed by atoms with van der Waals surface area (Å²) in [5.74, 6) is 3.36. The van der Waals surface area contributed by atoms with Crippen molar-refractivity contribution in [2.24, 2.45) is 0 Å². The lowest BCUT2D eigenvalue weighted by Crippen LogP contribution is -2.33. The fourth-order valence-electron chi connectivity index (χ4n) is 8.62. The Morgan fingerprint density at radius 2 is 1.31 bits per heavy atom. The molecular weight excluding hydrogens is 833 g/mol. The number of methoxy groups -OCH3 is 1. The second-order valence-electron chi connectivity index (χ2n) is 15.2. The molecule has 1 aromatic heterocycles. The minimum Gasteiger partial charge on any atom is -0.508 e. The van der Waals surface area contributed by atoms with E-state index in [-0.39, 0.29) is 24.8 Å². The van der Waals surface area contributed by atoms with Gasteiger partial charge in [0.05, 0.1) is 12.7 Å². The molecule has 2 aliphatic rings. The molecule has 2 aliphatic heterocycles. The maximum absolute atomic E-state index is 12.8. The third-order valence-electron chi connectivity index (χ3n) is 11.5. The minimum atomic E-state index is -1.09. The number of ether oxygens (including phenoxy) is 3. The molecule has 1 N–H and O–H groups in total. The van der Waals surface area contributed by atoms with Gasteiger partial charge in [0, 0.05) is 57.5 Å². The van der Waals surface area contributed by atoms with Crippen molar-refractivity contribution in [1.29, 1.82) is 0 Å². The number of aromatic hydroxyl groups is 1. The molecule has 0 radical (unpaired) electrons. The fraction of sp³-hybridized carbons (Fsp3) is 0.154. The molecule has 9 aromatic rings. The number of hydrogen-bond acceptors (Lipinski definition) is 10. The van der Waals surface area contributed by atoms with Crippen molar-refractivity contribution in [1.82, 2.24) is 0 Å². The largest absolute Gasteiger partial charge is 0.508 e. The number of aryl methyl sites for hydroxylation is 2. The van der Waals surface area contributed by atoms with Gasteiger partial charge in [0.25, 0.3) is 0 Å². The average molecular weight is 877 g/mol. The first-order valence-electron chi connectivity index (χ1n) is 19.7. The van der Waals surface area contributed by atoms with Crippen molar-refractivity contribution in [2.45, 2.75) is 44.1 Å². The number of benzene rings is 8. The summed E-state index contributed by atoms with van der Waals surface area (Å²) < 4.78 is 22.4. The molecule has 0 saturated heterocycles. The third kappa shape index (κ3) is 7.19. The Labute approximate surface area is 375 Å². The van der Waals surface area contributed by atoms with Crippen LogP contribution < -0.4 is 15.1 Å². The van der Waals surface area contributed by atoms with E-state index in [0.29, 0.717) is 45.5 Å². The molecular formula is C52H44O7S3. The molecule has 1 unspecified atom stereocenters. The molecule has 3 heterocycles. The van der Waals surface area contributed by atoms with Crippen molar-refractivity contribution < 1.29 is 28.5 Å². The van der Waals surface area contributed by atoms with Gasteiger partial charge >= 0.3 is 11.6 Å². The molecule has 0 amide bonds. The first kappa shape index (κ1) is 42.6. The van der Waals surface area contributed by atoms with Crippen LogP contribution >= 0.6 is 37.9 Å². The molecule has 0 aliphatic carbocycles. The quantitative estimate of drug-likeness (QED) is 0.0605. The molecule has 8 aromatic carbocycles. The van der Waals surface area contributed by atoms with Gasteiger partial charge in [0.1, 0.15) is 28.6 Å². The number of phenols is 1. The molecule has 0 bridgehead atoms. The lowest BCUT2D eigenvalue weighted by molar-refractivity contribution is 0.0224. The Hall–Kier alpha value is -6.07. The first-order valence-corrected chi connectivity index (χ1v) is 21.5. The first-order chi connectivity index (χ1) is 29.6. The van der Waals surface area contributed by atoms with E-state index in [2.05, 4.69) is 92.5 Å². The van der Waals surface area contributed by atoms with Crippen LogP contribution in [0.4, 0.5) is 0 Å². The normalized spacial score (nSPS) is 14.5. The second-order valence-corrected chi connectivity index (χ2v) is 16.1. The van der Waals surface area contributed by atoms with Crippen molar-refractivity contribution in [3.8, 4) is 23.0 Å². The highest BCUT2D eigenvalue weighted by molar-refractivity contribution is 7.79. The van der Waals surface area contributed by atoms with E-state index in [4.69, 9.17) is 18.6 Å². The van der Waals surface area contributed by atoms with Crippen LogP contribution in [0.25, 0.3) is 43.3 Å². The molecule has 62 heavy (non-hydrogen) atoms. The number of rotatable bonds is 4. The average Bonchev–Trinajstić information content (AvgIpc) is 3.56. The van der Waals surface area contributed by atoms with Gasteiger partial charge < -0.3 is 23.7 Å². The highest BCUT2D eigenvalue weighted by Gasteiger charge is 2.53. The van der Waals surface area contributed by atoms with E-state index in [1.165, 1.54) is 43.9 Å². The van der Waals surface area contributed by atoms with Crippen molar-refractivity contribution in [3.05, 3.63) is 188 Å². The molecule has 1 atom stereocenters. The molecule has 312 valence electrons. The van der Waals surface area contributed by atoms with E-state index in [1.807, 2.05) is 56.3 Å². The van der Waals surface area contributed by atoms with Gasteiger partial charge in [-0.3, -0.25) is 0 Å². The van der Waals surface area contributed by atoms with Crippen LogP contribution in [0.3, 0.4) is 0 Å². The van der Waals surface area contributed by atoms with Crippen LogP contribution in [0.5, 0.6) is 23.0 Å². The Kier molecular flexibility index (Phi) is 11.7. The number of hydrogen-bond donors (Lipinski definition) is 4. The molecule has 0 fully saturated rings. The smallest absolute Gasteiger partial charge is 0.340 e. The number of carbonyl (C=O) groups excluding carboxylic acids is 1. The van der Waals surface area contributed by atoms with E-state index in [1.54, 1.807) is 31.4 Å². The van der Waals surface area contributed by atoms with Crippen LogP contribution in [0.2, 0.25) is 0 Å². The summed E-state index contributed by atoms with van der Waals surface area (Å²) in [6.45, 7) is 3.92. The van der Waals surface area contributed by atoms with Gasteiger partial charge in [-0.05, 0) is 104 Å². The van der Waals surface area contributed by atoms with Gasteiger partial charge in [0.15, 0.2) is 5.60 Å². The summed E-state index contributed by atoms with van der Waals surface area (Å²) in [4.78, 5) is 24.1. The number of carbonyl (C=O) groups is 1. The number of esters is 1. The highest BCUT2D eigenvalue weighted by Crippen LogP contribution is 2.56. The maximum Gasteiger partial charge on any atom is 0.340 e. The topological polar surface area (TPSA) is 95.2 Å². The van der Waals surface area contributed by atoms with Crippen LogP contribution in [-0.2, 0) is 27.6 Å². The summed E-state index contributed by atoms with van der Waals surface area (Å²) in [6.07, 6.45) is 0. The molecule has 10 heteroatoms. The Bertz CT molecular complexity index is 3180. The van der Waals surface area contributed by atoms with Gasteiger partial charge in [-0.2, -0.15) is 37.9 Å². The van der Waals surface area contributed by atoms with E-state index in [0.717, 1.165) is 44.5 Å². The summed E-state index contributed by atoms with van der Waals surface area (Å²) in [5, 5.41) is 18.9. The lowest BCUT2D eigenvalue weighted by Gasteiger charge is -2.36. The van der Waals surface area contributed by atoms with Crippen molar-refractivity contribution >= 4 is 87.1 Å². The van der Waals surface area contributed by atoms with E-state index < -0.39 is 5.60 Å². The van der Waals surface area contributed by atoms with Crippen molar-refractivity contribution in [2.75, 3.05) is 7.11 Å². The highest BCUT2D eigenvalue weighted by atomic mass is 32.1. The van der Waals surface area contributed by atoms with E-state index in [9.17, 15) is 14.7 Å². The Morgan fingerprint density at radius 1 is 0.645 bits per heavy atom. The van der Waals surface area contributed by atoms with Crippen LogP contribution in [0, 0.1) is 13.8 Å². The number of fused-ring (bicyclic) bond motifs is 7. The molecule has 1 spiro atoms. The van der Waals surface area contributed by atoms with Crippen molar-refractivity contribution in [3.63, 3.8) is 0 Å². The molecule has 7 nitrogen and oxygen atoms in total. The zero-order valence-corrected chi connectivity index (χ0v) is 36.2. The standard InChI is InChI=1S/C22H16O4S.C17H12S.C12H12O3S.CH4/c1-12-2-5-17-19(8-12)25-20-10-14(23)4-7-18(20)22(17)16-6-3-13(11-27)9-15(16)21(24)26-22;18-10-14-7-6-13-5-4-11-2-1-3-12-8-9-15(14)17(13)16(11)12;1-7-3-9-8(6-16)4-12(13)15-11(9)5-10(7)14-2;/h2-10,23,27H,11H2,1H3;1-9,18H,10H2;3-5,16H,6H2,1-2H3;1H4. The lowest BCUT2D eigenvalue weighted by atomic mass is 9.77. The predicted molar refractivity (Wildman–Crippen MR) is 260 cm³/mol. The third-order valence-corrected chi connectivity index (χ3v) is 12.5. The molecule has 11 rings (SSSR count). The Balaban J connectivity index is 0.000000133. The summed E-state index contributed by atoms with van der Waals surface area (Å²) in [7, 11) is 1.59.